The van der Waals surface area contributed by atoms with E-state index in [4.69, 9.17) is 4.74 Å². The topological polar surface area (TPSA) is 64.4 Å². The third-order valence-corrected chi connectivity index (χ3v) is 3.76. The first-order valence-corrected chi connectivity index (χ1v) is 7.28. The molecule has 1 fully saturated rings. The summed E-state index contributed by atoms with van der Waals surface area (Å²) in [5.74, 6) is 0. The molecule has 0 radical (unpaired) electrons. The number of anilines is 1. The van der Waals surface area contributed by atoms with Crippen LogP contribution in [0.2, 0.25) is 0 Å². The Kier molecular flexibility index (Phi) is 5.35. The standard InChI is InChI=1S/C15H22N2O3/c1-12-6-5-9-14(17(18)19)15(12)16-10-11-20-13-7-3-2-4-8-13/h5-6,9,13,16H,2-4,7-8,10-11H2,1H3. The molecule has 110 valence electrons. The lowest BCUT2D eigenvalue weighted by Crippen LogP contribution is -2.20. The first kappa shape index (κ1) is 14.8. The summed E-state index contributed by atoms with van der Waals surface area (Å²) < 4.78 is 5.81. The second kappa shape index (κ2) is 7.24. The Bertz CT molecular complexity index is 456. The molecule has 0 heterocycles. The summed E-state index contributed by atoms with van der Waals surface area (Å²) in [6.07, 6.45) is 6.48. The minimum absolute atomic E-state index is 0.127. The zero-order valence-electron chi connectivity index (χ0n) is 11.9. The van der Waals surface area contributed by atoms with E-state index in [1.165, 1.54) is 25.3 Å². The van der Waals surface area contributed by atoms with Crippen LogP contribution >= 0.6 is 0 Å². The van der Waals surface area contributed by atoms with Crippen molar-refractivity contribution in [2.75, 3.05) is 18.5 Å². The van der Waals surface area contributed by atoms with Crippen molar-refractivity contribution in [3.63, 3.8) is 0 Å². The summed E-state index contributed by atoms with van der Waals surface area (Å²) >= 11 is 0. The lowest BCUT2D eigenvalue weighted by molar-refractivity contribution is -0.384. The molecular formula is C15H22N2O3. The fourth-order valence-corrected chi connectivity index (χ4v) is 2.67. The average molecular weight is 278 g/mol. The minimum Gasteiger partial charge on any atom is -0.377 e. The molecule has 5 heteroatoms. The molecule has 0 aliphatic heterocycles. The molecule has 1 saturated carbocycles. The summed E-state index contributed by atoms with van der Waals surface area (Å²) in [6, 6.07) is 5.10. The predicted octanol–water partition coefficient (Wildman–Crippen LogP) is 3.66. The maximum absolute atomic E-state index is 11.0. The molecule has 1 aromatic rings. The van der Waals surface area contributed by atoms with E-state index in [1.54, 1.807) is 6.07 Å². The van der Waals surface area contributed by atoms with Gasteiger partial charge in [-0.3, -0.25) is 10.1 Å². The Hall–Kier alpha value is -1.62. The third kappa shape index (κ3) is 3.93. The molecule has 2 rings (SSSR count). The van der Waals surface area contributed by atoms with Gasteiger partial charge in [-0.25, -0.2) is 0 Å². The van der Waals surface area contributed by atoms with E-state index < -0.39 is 0 Å². The summed E-state index contributed by atoms with van der Waals surface area (Å²) in [4.78, 5) is 10.6. The van der Waals surface area contributed by atoms with Crippen LogP contribution in [0.4, 0.5) is 11.4 Å². The van der Waals surface area contributed by atoms with Crippen molar-refractivity contribution in [1.29, 1.82) is 0 Å². The maximum atomic E-state index is 11.0. The van der Waals surface area contributed by atoms with Gasteiger partial charge >= 0.3 is 0 Å². The summed E-state index contributed by atoms with van der Waals surface area (Å²) in [6.45, 7) is 3.07. The van der Waals surface area contributed by atoms with Crippen molar-refractivity contribution in [1.82, 2.24) is 0 Å². The van der Waals surface area contributed by atoms with E-state index in [0.29, 0.717) is 24.9 Å². The largest absolute Gasteiger partial charge is 0.377 e. The smallest absolute Gasteiger partial charge is 0.292 e. The number of nitrogens with zero attached hydrogens (tertiary/aromatic N) is 1. The van der Waals surface area contributed by atoms with E-state index in [-0.39, 0.29) is 10.6 Å². The zero-order chi connectivity index (χ0) is 14.4. The van der Waals surface area contributed by atoms with Crippen molar-refractivity contribution in [2.45, 2.75) is 45.1 Å². The van der Waals surface area contributed by atoms with E-state index in [9.17, 15) is 10.1 Å². The fourth-order valence-electron chi connectivity index (χ4n) is 2.67. The molecule has 0 bridgehead atoms. The minimum atomic E-state index is -0.350. The average Bonchev–Trinajstić information content (AvgIpc) is 2.45. The second-order valence-electron chi connectivity index (χ2n) is 5.28. The van der Waals surface area contributed by atoms with E-state index >= 15 is 0 Å². The van der Waals surface area contributed by atoms with Gasteiger partial charge in [0, 0.05) is 12.6 Å². The summed E-state index contributed by atoms with van der Waals surface area (Å²) in [5.41, 5.74) is 1.62. The van der Waals surface area contributed by atoms with Crippen LogP contribution < -0.4 is 5.32 Å². The van der Waals surface area contributed by atoms with Crippen LogP contribution in [-0.4, -0.2) is 24.2 Å². The van der Waals surface area contributed by atoms with Gasteiger partial charge in [0.25, 0.3) is 5.69 Å². The van der Waals surface area contributed by atoms with Crippen LogP contribution in [-0.2, 0) is 4.74 Å². The molecule has 0 unspecified atom stereocenters. The normalized spacial score (nSPS) is 16.1. The maximum Gasteiger partial charge on any atom is 0.292 e. The molecule has 20 heavy (non-hydrogen) atoms. The van der Waals surface area contributed by atoms with Crippen LogP contribution in [0.15, 0.2) is 18.2 Å². The van der Waals surface area contributed by atoms with Crippen molar-refractivity contribution < 1.29 is 9.66 Å². The monoisotopic (exact) mass is 278 g/mol. The first-order valence-electron chi connectivity index (χ1n) is 7.28. The number of benzene rings is 1. The predicted molar refractivity (Wildman–Crippen MR) is 79.1 cm³/mol. The number of hydrogen-bond donors (Lipinski definition) is 1. The number of nitro benzene ring substituents is 1. The van der Waals surface area contributed by atoms with Gasteiger partial charge in [0.2, 0.25) is 0 Å². The highest BCUT2D eigenvalue weighted by molar-refractivity contribution is 5.65. The molecule has 0 spiro atoms. The SMILES string of the molecule is Cc1cccc([N+](=O)[O-])c1NCCOC1CCCCC1. The second-order valence-corrected chi connectivity index (χ2v) is 5.28. The van der Waals surface area contributed by atoms with Crippen LogP contribution in [0.5, 0.6) is 0 Å². The molecule has 0 atom stereocenters. The van der Waals surface area contributed by atoms with Gasteiger partial charge in [-0.1, -0.05) is 31.4 Å². The number of nitro groups is 1. The van der Waals surface area contributed by atoms with Gasteiger partial charge in [0.15, 0.2) is 0 Å². The van der Waals surface area contributed by atoms with E-state index in [2.05, 4.69) is 5.32 Å². The lowest BCUT2D eigenvalue weighted by atomic mass is 9.98. The Morgan fingerprint density at radius 2 is 2.10 bits per heavy atom. The molecule has 1 N–H and O–H groups in total. The number of ether oxygens (including phenoxy) is 1. The molecule has 1 aliphatic carbocycles. The van der Waals surface area contributed by atoms with Crippen molar-refractivity contribution in [3.8, 4) is 0 Å². The molecule has 5 nitrogen and oxygen atoms in total. The highest BCUT2D eigenvalue weighted by Crippen LogP contribution is 2.27. The molecule has 1 aliphatic rings. The van der Waals surface area contributed by atoms with E-state index in [0.717, 1.165) is 18.4 Å². The van der Waals surface area contributed by atoms with Crippen LogP contribution in [0, 0.1) is 17.0 Å². The quantitative estimate of drug-likeness (QED) is 0.490. The van der Waals surface area contributed by atoms with Gasteiger partial charge in [0.1, 0.15) is 5.69 Å². The number of hydrogen-bond acceptors (Lipinski definition) is 4. The van der Waals surface area contributed by atoms with Crippen molar-refractivity contribution >= 4 is 11.4 Å². The van der Waals surface area contributed by atoms with Crippen LogP contribution in [0.25, 0.3) is 0 Å². The van der Waals surface area contributed by atoms with Gasteiger partial charge in [-0.15, -0.1) is 0 Å². The van der Waals surface area contributed by atoms with Crippen LogP contribution in [0.3, 0.4) is 0 Å². The number of para-hydroxylation sites is 1. The van der Waals surface area contributed by atoms with E-state index in [1.807, 2.05) is 13.0 Å². The Morgan fingerprint density at radius 1 is 1.35 bits per heavy atom. The number of rotatable bonds is 6. The first-order chi connectivity index (χ1) is 9.68. The Balaban J connectivity index is 1.83. The molecule has 0 amide bonds. The number of nitrogens with one attached hydrogen (secondary N) is 1. The summed E-state index contributed by atoms with van der Waals surface area (Å²) in [7, 11) is 0. The molecule has 1 aromatic carbocycles. The highest BCUT2D eigenvalue weighted by atomic mass is 16.6. The zero-order valence-corrected chi connectivity index (χ0v) is 11.9. The Morgan fingerprint density at radius 3 is 2.80 bits per heavy atom. The fraction of sp³-hybridized carbons (Fsp3) is 0.600. The van der Waals surface area contributed by atoms with Gasteiger partial charge < -0.3 is 10.1 Å². The van der Waals surface area contributed by atoms with Crippen molar-refractivity contribution in [2.24, 2.45) is 0 Å². The summed E-state index contributed by atoms with van der Waals surface area (Å²) in [5, 5.41) is 14.1. The van der Waals surface area contributed by atoms with Gasteiger partial charge in [-0.05, 0) is 25.3 Å². The molecule has 0 saturated heterocycles. The third-order valence-electron chi connectivity index (χ3n) is 3.76. The van der Waals surface area contributed by atoms with Crippen LogP contribution in [0.1, 0.15) is 37.7 Å². The van der Waals surface area contributed by atoms with Gasteiger partial charge in [-0.2, -0.15) is 0 Å². The lowest BCUT2D eigenvalue weighted by Gasteiger charge is -2.22. The highest BCUT2D eigenvalue weighted by Gasteiger charge is 2.16. The molecular weight excluding hydrogens is 256 g/mol. The molecule has 0 aromatic heterocycles. The van der Waals surface area contributed by atoms with Gasteiger partial charge in [0.05, 0.1) is 17.6 Å². The van der Waals surface area contributed by atoms with Crippen molar-refractivity contribution in [3.05, 3.63) is 33.9 Å². The number of aryl methyl sites for hydroxylation is 1. The Labute approximate surface area is 119 Å².